The molecule has 6 nitrogen and oxygen atoms in total. The summed E-state index contributed by atoms with van der Waals surface area (Å²) in [7, 11) is 0. The van der Waals surface area contributed by atoms with E-state index in [-0.39, 0.29) is 17.7 Å². The SMILES string of the molecule is O=C(Nc1ccc(C2(C(=O)N3CCN(c4ccccn4)CC3)CCC2)cc1)C1CC1. The molecule has 3 fully saturated rings. The van der Waals surface area contributed by atoms with Gasteiger partial charge in [-0.1, -0.05) is 24.6 Å². The van der Waals surface area contributed by atoms with Gasteiger partial charge in [-0.2, -0.15) is 0 Å². The third-order valence-electron chi connectivity index (χ3n) is 6.81. The summed E-state index contributed by atoms with van der Waals surface area (Å²) in [5.41, 5.74) is 1.50. The molecular formula is C24H28N4O2. The Hall–Kier alpha value is -2.89. The number of aromatic nitrogens is 1. The van der Waals surface area contributed by atoms with Gasteiger partial charge in [0.2, 0.25) is 11.8 Å². The van der Waals surface area contributed by atoms with Crippen LogP contribution in [-0.2, 0) is 15.0 Å². The maximum absolute atomic E-state index is 13.5. The van der Waals surface area contributed by atoms with Gasteiger partial charge in [-0.3, -0.25) is 9.59 Å². The topological polar surface area (TPSA) is 65.5 Å². The number of anilines is 2. The smallest absolute Gasteiger partial charge is 0.233 e. The summed E-state index contributed by atoms with van der Waals surface area (Å²) in [5.74, 6) is 1.54. The van der Waals surface area contributed by atoms with E-state index < -0.39 is 5.41 Å². The molecule has 3 aliphatic rings. The van der Waals surface area contributed by atoms with Gasteiger partial charge in [0.1, 0.15) is 5.82 Å². The molecule has 0 radical (unpaired) electrons. The lowest BCUT2D eigenvalue weighted by Crippen LogP contribution is -2.56. The Morgan fingerprint density at radius 1 is 0.967 bits per heavy atom. The van der Waals surface area contributed by atoms with Gasteiger partial charge in [0, 0.05) is 44.0 Å². The summed E-state index contributed by atoms with van der Waals surface area (Å²) in [6.45, 7) is 3.08. The minimum absolute atomic E-state index is 0.114. The molecule has 2 aromatic rings. The van der Waals surface area contributed by atoms with Crippen LogP contribution >= 0.6 is 0 Å². The highest BCUT2D eigenvalue weighted by Gasteiger charge is 2.48. The van der Waals surface area contributed by atoms with Crippen LogP contribution in [-0.4, -0.2) is 47.9 Å². The highest BCUT2D eigenvalue weighted by molar-refractivity contribution is 5.94. The first-order chi connectivity index (χ1) is 14.7. The Bertz CT molecular complexity index is 912. The average Bonchev–Trinajstić information content (AvgIpc) is 3.60. The fourth-order valence-electron chi connectivity index (χ4n) is 4.60. The van der Waals surface area contributed by atoms with Crippen molar-refractivity contribution in [2.24, 2.45) is 5.92 Å². The van der Waals surface area contributed by atoms with Crippen LogP contribution in [0.5, 0.6) is 0 Å². The summed E-state index contributed by atoms with van der Waals surface area (Å²) in [6, 6.07) is 13.9. The highest BCUT2D eigenvalue weighted by Crippen LogP contribution is 2.45. The van der Waals surface area contributed by atoms with Crippen LogP contribution in [0.4, 0.5) is 11.5 Å². The lowest BCUT2D eigenvalue weighted by Gasteiger charge is -2.46. The van der Waals surface area contributed by atoms with E-state index in [1.165, 1.54) is 0 Å². The number of piperazine rings is 1. The number of hydrogen-bond acceptors (Lipinski definition) is 4. The monoisotopic (exact) mass is 404 g/mol. The Kier molecular flexibility index (Phi) is 4.93. The highest BCUT2D eigenvalue weighted by atomic mass is 16.2. The molecule has 5 rings (SSSR count). The number of pyridine rings is 1. The Morgan fingerprint density at radius 3 is 2.27 bits per heavy atom. The van der Waals surface area contributed by atoms with E-state index in [4.69, 9.17) is 0 Å². The van der Waals surface area contributed by atoms with Crippen LogP contribution in [0.15, 0.2) is 48.7 Å². The molecule has 6 heteroatoms. The van der Waals surface area contributed by atoms with E-state index in [9.17, 15) is 9.59 Å². The van der Waals surface area contributed by atoms with Crippen molar-refractivity contribution in [2.45, 2.75) is 37.5 Å². The normalized spacial score (nSPS) is 20.4. The van der Waals surface area contributed by atoms with Gasteiger partial charge in [0.25, 0.3) is 0 Å². The van der Waals surface area contributed by atoms with Crippen molar-refractivity contribution < 1.29 is 9.59 Å². The number of carbonyl (C=O) groups is 2. The second-order valence-electron chi connectivity index (χ2n) is 8.74. The van der Waals surface area contributed by atoms with Crippen LogP contribution in [0.25, 0.3) is 0 Å². The van der Waals surface area contributed by atoms with E-state index in [1.54, 1.807) is 0 Å². The quantitative estimate of drug-likeness (QED) is 0.831. The summed E-state index contributed by atoms with van der Waals surface area (Å²) in [5, 5.41) is 2.99. The molecule has 1 aliphatic heterocycles. The average molecular weight is 405 g/mol. The van der Waals surface area contributed by atoms with E-state index in [2.05, 4.69) is 15.2 Å². The van der Waals surface area contributed by atoms with Gasteiger partial charge in [0.05, 0.1) is 5.41 Å². The van der Waals surface area contributed by atoms with Crippen molar-refractivity contribution >= 4 is 23.3 Å². The largest absolute Gasteiger partial charge is 0.353 e. The van der Waals surface area contributed by atoms with Crippen molar-refractivity contribution in [1.29, 1.82) is 0 Å². The van der Waals surface area contributed by atoms with Gasteiger partial charge in [-0.25, -0.2) is 4.98 Å². The summed E-state index contributed by atoms with van der Waals surface area (Å²) in [6.07, 6.45) is 6.69. The molecule has 156 valence electrons. The van der Waals surface area contributed by atoms with Crippen LogP contribution in [0.3, 0.4) is 0 Å². The fourth-order valence-corrected chi connectivity index (χ4v) is 4.60. The molecule has 1 N–H and O–H groups in total. The minimum atomic E-state index is -0.397. The minimum Gasteiger partial charge on any atom is -0.353 e. The first-order valence-electron chi connectivity index (χ1n) is 11.0. The molecule has 0 unspecified atom stereocenters. The summed E-state index contributed by atoms with van der Waals surface area (Å²) >= 11 is 0. The maximum Gasteiger partial charge on any atom is 0.233 e. The third kappa shape index (κ3) is 3.55. The molecule has 2 aliphatic carbocycles. The third-order valence-corrected chi connectivity index (χ3v) is 6.81. The Labute approximate surface area is 177 Å². The van der Waals surface area contributed by atoms with E-state index >= 15 is 0 Å². The molecule has 2 heterocycles. The van der Waals surface area contributed by atoms with E-state index in [1.807, 2.05) is 53.6 Å². The number of rotatable bonds is 5. The van der Waals surface area contributed by atoms with Gasteiger partial charge in [-0.05, 0) is 55.5 Å². The number of benzene rings is 1. The van der Waals surface area contributed by atoms with Gasteiger partial charge in [-0.15, -0.1) is 0 Å². The molecule has 1 aromatic carbocycles. The van der Waals surface area contributed by atoms with E-state index in [0.717, 1.165) is 75.4 Å². The number of hydrogen-bond donors (Lipinski definition) is 1. The first kappa shape index (κ1) is 19.1. The zero-order valence-corrected chi connectivity index (χ0v) is 17.2. The predicted molar refractivity (Wildman–Crippen MR) is 116 cm³/mol. The molecule has 0 spiro atoms. The molecule has 2 saturated carbocycles. The van der Waals surface area contributed by atoms with Gasteiger partial charge >= 0.3 is 0 Å². The van der Waals surface area contributed by atoms with Crippen molar-refractivity contribution in [1.82, 2.24) is 9.88 Å². The fraction of sp³-hybridized carbons (Fsp3) is 0.458. The van der Waals surface area contributed by atoms with Crippen molar-refractivity contribution in [2.75, 3.05) is 36.4 Å². The first-order valence-corrected chi connectivity index (χ1v) is 11.0. The molecule has 1 aromatic heterocycles. The summed E-state index contributed by atoms with van der Waals surface area (Å²) < 4.78 is 0. The zero-order chi connectivity index (χ0) is 20.6. The lowest BCUT2D eigenvalue weighted by atomic mass is 9.63. The van der Waals surface area contributed by atoms with E-state index in [0.29, 0.717) is 0 Å². The Morgan fingerprint density at radius 2 is 1.70 bits per heavy atom. The molecule has 2 amide bonds. The lowest BCUT2D eigenvalue weighted by molar-refractivity contribution is -0.141. The molecular weight excluding hydrogens is 376 g/mol. The second kappa shape index (κ2) is 7.74. The number of carbonyl (C=O) groups excluding carboxylic acids is 2. The van der Waals surface area contributed by atoms with Crippen molar-refractivity contribution in [3.63, 3.8) is 0 Å². The predicted octanol–water partition coefficient (Wildman–Crippen LogP) is 3.20. The maximum atomic E-state index is 13.5. The van der Waals surface area contributed by atoms with Crippen LogP contribution in [0, 0.1) is 5.92 Å². The number of nitrogens with zero attached hydrogens (tertiary/aromatic N) is 3. The molecule has 30 heavy (non-hydrogen) atoms. The second-order valence-corrected chi connectivity index (χ2v) is 8.74. The zero-order valence-electron chi connectivity index (χ0n) is 17.2. The van der Waals surface area contributed by atoms with Crippen molar-refractivity contribution in [3.8, 4) is 0 Å². The molecule has 0 bridgehead atoms. The van der Waals surface area contributed by atoms with Gasteiger partial charge < -0.3 is 15.1 Å². The van der Waals surface area contributed by atoms with Gasteiger partial charge in [0.15, 0.2) is 0 Å². The Balaban J connectivity index is 1.25. The number of nitrogens with one attached hydrogen (secondary N) is 1. The van der Waals surface area contributed by atoms with Crippen LogP contribution in [0.1, 0.15) is 37.7 Å². The van der Waals surface area contributed by atoms with Crippen LogP contribution < -0.4 is 10.2 Å². The molecule has 1 saturated heterocycles. The standard InChI is InChI=1S/C24H28N4O2/c29-22(18-5-6-18)26-20-9-7-19(8-10-20)24(11-3-12-24)23(30)28-16-14-27(15-17-28)21-4-1-2-13-25-21/h1-2,4,7-10,13,18H,3,5-6,11-12,14-17H2,(H,26,29). The van der Waals surface area contributed by atoms with Crippen molar-refractivity contribution in [3.05, 3.63) is 54.2 Å². The van der Waals surface area contributed by atoms with Crippen LogP contribution in [0.2, 0.25) is 0 Å². The number of amides is 2. The summed E-state index contributed by atoms with van der Waals surface area (Å²) in [4.78, 5) is 34.2. The molecule has 0 atom stereocenters.